The van der Waals surface area contributed by atoms with Crippen molar-refractivity contribution in [3.63, 3.8) is 0 Å². The normalized spacial score (nSPS) is 21.6. The highest BCUT2D eigenvalue weighted by atomic mass is 35.5. The van der Waals surface area contributed by atoms with Crippen LogP contribution in [0.25, 0.3) is 0 Å². The highest BCUT2D eigenvalue weighted by Crippen LogP contribution is 2.22. The van der Waals surface area contributed by atoms with E-state index in [1.165, 1.54) is 6.42 Å². The molecule has 1 aromatic carbocycles. The van der Waals surface area contributed by atoms with Crippen LogP contribution in [0.1, 0.15) is 18.4 Å². The molecule has 4 heteroatoms. The first kappa shape index (κ1) is 12.7. The van der Waals surface area contributed by atoms with Gasteiger partial charge >= 0.3 is 0 Å². The fourth-order valence-electron chi connectivity index (χ4n) is 2.31. The molecule has 1 fully saturated rings. The molecule has 1 saturated heterocycles. The summed E-state index contributed by atoms with van der Waals surface area (Å²) in [6.45, 7) is 2.93. The Morgan fingerprint density at radius 2 is 2.35 bits per heavy atom. The Balaban J connectivity index is 2.02. The largest absolute Gasteiger partial charge is 0.399 e. The minimum atomic E-state index is 0.351. The first-order chi connectivity index (χ1) is 8.19. The number of ether oxygens (including phenoxy) is 1. The van der Waals surface area contributed by atoms with Crippen molar-refractivity contribution in [1.82, 2.24) is 4.90 Å². The van der Waals surface area contributed by atoms with Gasteiger partial charge in [-0.2, -0.15) is 0 Å². The minimum Gasteiger partial charge on any atom is -0.399 e. The number of halogens is 1. The number of hydrogen-bond donors (Lipinski definition) is 1. The lowest BCUT2D eigenvalue weighted by molar-refractivity contribution is 0.0286. The summed E-state index contributed by atoms with van der Waals surface area (Å²) in [4.78, 5) is 2.37. The van der Waals surface area contributed by atoms with E-state index in [9.17, 15) is 0 Å². The maximum Gasteiger partial charge on any atom is 0.0698 e. The zero-order valence-corrected chi connectivity index (χ0v) is 10.9. The number of methoxy groups -OCH3 is 1. The fourth-order valence-corrected chi connectivity index (χ4v) is 2.48. The average molecular weight is 255 g/mol. The molecule has 0 aliphatic carbocycles. The van der Waals surface area contributed by atoms with Gasteiger partial charge < -0.3 is 10.5 Å². The number of likely N-dealkylation sites (tertiary alicyclic amines) is 1. The topological polar surface area (TPSA) is 38.5 Å². The van der Waals surface area contributed by atoms with E-state index in [4.69, 9.17) is 22.1 Å². The highest BCUT2D eigenvalue weighted by molar-refractivity contribution is 6.31. The maximum absolute atomic E-state index is 6.17. The third kappa shape index (κ3) is 3.35. The molecule has 0 radical (unpaired) electrons. The monoisotopic (exact) mass is 254 g/mol. The molecule has 1 unspecified atom stereocenters. The summed E-state index contributed by atoms with van der Waals surface area (Å²) in [6, 6.07) is 5.66. The first-order valence-electron chi connectivity index (χ1n) is 5.98. The molecule has 1 heterocycles. The van der Waals surface area contributed by atoms with E-state index in [-0.39, 0.29) is 0 Å². The van der Waals surface area contributed by atoms with Crippen LogP contribution in [0.2, 0.25) is 5.02 Å². The van der Waals surface area contributed by atoms with Crippen LogP contribution in [0.15, 0.2) is 18.2 Å². The molecular formula is C13H19ClN2O. The summed E-state index contributed by atoms with van der Waals surface area (Å²) in [7, 11) is 1.78. The average Bonchev–Trinajstić information content (AvgIpc) is 2.34. The Morgan fingerprint density at radius 1 is 1.53 bits per heavy atom. The number of anilines is 1. The van der Waals surface area contributed by atoms with E-state index in [0.717, 1.165) is 42.3 Å². The number of nitrogen functional groups attached to an aromatic ring is 1. The van der Waals surface area contributed by atoms with Gasteiger partial charge in [0.05, 0.1) is 6.10 Å². The molecule has 1 aliphatic heterocycles. The van der Waals surface area contributed by atoms with Gasteiger partial charge in [-0.1, -0.05) is 11.6 Å². The lowest BCUT2D eigenvalue weighted by atomic mass is 10.1. The van der Waals surface area contributed by atoms with Crippen LogP contribution in [0.3, 0.4) is 0 Å². The Kier molecular flexibility index (Phi) is 4.26. The molecule has 0 spiro atoms. The van der Waals surface area contributed by atoms with Crippen molar-refractivity contribution < 1.29 is 4.74 Å². The van der Waals surface area contributed by atoms with Crippen molar-refractivity contribution >= 4 is 17.3 Å². The Labute approximate surface area is 107 Å². The molecule has 1 atom stereocenters. The van der Waals surface area contributed by atoms with Crippen LogP contribution in [0.5, 0.6) is 0 Å². The van der Waals surface area contributed by atoms with Crippen molar-refractivity contribution in [3.8, 4) is 0 Å². The zero-order chi connectivity index (χ0) is 12.3. The van der Waals surface area contributed by atoms with Gasteiger partial charge in [0.15, 0.2) is 0 Å². The second-order valence-electron chi connectivity index (χ2n) is 4.59. The van der Waals surface area contributed by atoms with Gasteiger partial charge in [-0.05, 0) is 43.1 Å². The van der Waals surface area contributed by atoms with Crippen LogP contribution in [-0.4, -0.2) is 31.2 Å². The molecule has 0 amide bonds. The van der Waals surface area contributed by atoms with Crippen LogP contribution < -0.4 is 5.73 Å². The lowest BCUT2D eigenvalue weighted by Gasteiger charge is -2.32. The quantitative estimate of drug-likeness (QED) is 0.843. The zero-order valence-electron chi connectivity index (χ0n) is 10.2. The van der Waals surface area contributed by atoms with Crippen LogP contribution >= 0.6 is 11.6 Å². The molecule has 17 heavy (non-hydrogen) atoms. The van der Waals surface area contributed by atoms with Crippen LogP contribution in [0, 0.1) is 0 Å². The summed E-state index contributed by atoms with van der Waals surface area (Å²) in [5, 5.41) is 0.791. The van der Waals surface area contributed by atoms with Gasteiger partial charge in [-0.25, -0.2) is 0 Å². The molecular weight excluding hydrogens is 236 g/mol. The predicted molar refractivity (Wildman–Crippen MR) is 71.2 cm³/mol. The van der Waals surface area contributed by atoms with Gasteiger partial charge in [0, 0.05) is 30.9 Å². The summed E-state index contributed by atoms with van der Waals surface area (Å²) in [6.07, 6.45) is 2.68. The summed E-state index contributed by atoms with van der Waals surface area (Å²) in [5.74, 6) is 0. The van der Waals surface area contributed by atoms with E-state index in [1.54, 1.807) is 7.11 Å². The molecule has 3 nitrogen and oxygen atoms in total. The maximum atomic E-state index is 6.17. The van der Waals surface area contributed by atoms with Gasteiger partial charge in [0.25, 0.3) is 0 Å². The van der Waals surface area contributed by atoms with E-state index in [0.29, 0.717) is 6.10 Å². The second kappa shape index (κ2) is 5.71. The summed E-state index contributed by atoms with van der Waals surface area (Å²) >= 11 is 6.17. The van der Waals surface area contributed by atoms with Gasteiger partial charge in [0.2, 0.25) is 0 Å². The van der Waals surface area contributed by atoms with Crippen molar-refractivity contribution in [3.05, 3.63) is 28.8 Å². The Hall–Kier alpha value is -0.770. The SMILES string of the molecule is COC1CCCN(Cc2cc(N)ccc2Cl)C1. The minimum absolute atomic E-state index is 0.351. The van der Waals surface area contributed by atoms with Crippen molar-refractivity contribution in [1.29, 1.82) is 0 Å². The molecule has 2 rings (SSSR count). The van der Waals surface area contributed by atoms with Crippen LogP contribution in [0.4, 0.5) is 5.69 Å². The summed E-state index contributed by atoms with van der Waals surface area (Å²) in [5.41, 5.74) is 7.65. The number of benzene rings is 1. The molecule has 94 valence electrons. The van der Waals surface area contributed by atoms with Crippen molar-refractivity contribution in [2.24, 2.45) is 0 Å². The number of nitrogens with two attached hydrogens (primary N) is 1. The highest BCUT2D eigenvalue weighted by Gasteiger charge is 2.19. The van der Waals surface area contributed by atoms with E-state index in [2.05, 4.69) is 4.90 Å². The van der Waals surface area contributed by atoms with E-state index < -0.39 is 0 Å². The first-order valence-corrected chi connectivity index (χ1v) is 6.36. The predicted octanol–water partition coefficient (Wildman–Crippen LogP) is 2.53. The molecule has 0 bridgehead atoms. The molecule has 1 aromatic rings. The third-order valence-corrected chi connectivity index (χ3v) is 3.63. The standard InChI is InChI=1S/C13H19ClN2O/c1-17-12-3-2-6-16(9-12)8-10-7-11(15)4-5-13(10)14/h4-5,7,12H,2-3,6,8-9,15H2,1H3. The van der Waals surface area contributed by atoms with Gasteiger partial charge in [-0.3, -0.25) is 4.90 Å². The number of nitrogens with zero attached hydrogens (tertiary/aromatic N) is 1. The van der Waals surface area contributed by atoms with E-state index in [1.807, 2.05) is 18.2 Å². The molecule has 1 aliphatic rings. The second-order valence-corrected chi connectivity index (χ2v) is 4.99. The van der Waals surface area contributed by atoms with Crippen LogP contribution in [-0.2, 0) is 11.3 Å². The smallest absolute Gasteiger partial charge is 0.0698 e. The lowest BCUT2D eigenvalue weighted by Crippen LogP contribution is -2.38. The Bertz CT molecular complexity index is 384. The number of hydrogen-bond acceptors (Lipinski definition) is 3. The number of rotatable bonds is 3. The molecule has 2 N–H and O–H groups in total. The summed E-state index contributed by atoms with van der Waals surface area (Å²) < 4.78 is 5.41. The molecule has 0 aromatic heterocycles. The van der Waals surface area contributed by atoms with Gasteiger partial charge in [0.1, 0.15) is 0 Å². The molecule has 0 saturated carbocycles. The fraction of sp³-hybridized carbons (Fsp3) is 0.538. The third-order valence-electron chi connectivity index (χ3n) is 3.26. The van der Waals surface area contributed by atoms with E-state index >= 15 is 0 Å². The van der Waals surface area contributed by atoms with Crippen molar-refractivity contribution in [2.75, 3.05) is 25.9 Å². The van der Waals surface area contributed by atoms with Gasteiger partial charge in [-0.15, -0.1) is 0 Å². The Morgan fingerprint density at radius 3 is 3.12 bits per heavy atom. The number of piperidine rings is 1. The van der Waals surface area contributed by atoms with Crippen molar-refractivity contribution in [2.45, 2.75) is 25.5 Å².